The molecule has 8 N–H and O–H groups in total. The molecule has 5 aliphatic rings. The summed E-state index contributed by atoms with van der Waals surface area (Å²) in [4.78, 5) is 37.2. The maximum absolute atomic E-state index is 14.4. The molecule has 2 bridgehead atoms. The van der Waals surface area contributed by atoms with Crippen LogP contribution in [0, 0.1) is 17.8 Å². The van der Waals surface area contributed by atoms with Gasteiger partial charge in [0.2, 0.25) is 5.79 Å². The molecule has 2 aromatic carbocycles. The highest BCUT2D eigenvalue weighted by molar-refractivity contribution is 6.32. The predicted molar refractivity (Wildman–Crippen MR) is 180 cm³/mol. The third-order valence-electron chi connectivity index (χ3n) is 10.3. The maximum Gasteiger partial charge on any atom is 0.330 e. The zero-order valence-electron chi connectivity index (χ0n) is 27.2. The number of benzene rings is 2. The predicted octanol–water partition coefficient (Wildman–Crippen LogP) is -0.00900. The van der Waals surface area contributed by atoms with E-state index in [0.717, 1.165) is 4.90 Å². The van der Waals surface area contributed by atoms with E-state index in [9.17, 15) is 50.4 Å². The lowest BCUT2D eigenvalue weighted by Gasteiger charge is -2.51. The third kappa shape index (κ3) is 5.74. The molecule has 1 fully saturated rings. The number of carboxylic acids is 1. The minimum Gasteiger partial charge on any atom is -0.508 e. The summed E-state index contributed by atoms with van der Waals surface area (Å²) in [5.41, 5.74) is 0.522. The molecule has 51 heavy (non-hydrogen) atoms. The highest BCUT2D eigenvalue weighted by atomic mass is 16.7. The minimum absolute atomic E-state index is 0.0211. The van der Waals surface area contributed by atoms with E-state index in [0.29, 0.717) is 35.5 Å². The number of aliphatic hydroxyl groups is 5. The third-order valence-corrected chi connectivity index (χ3v) is 10.3. The summed E-state index contributed by atoms with van der Waals surface area (Å²) >= 11 is 0. The van der Waals surface area contributed by atoms with Gasteiger partial charge in [0, 0.05) is 60.9 Å². The number of hydrogen-bond acceptors (Lipinski definition) is 13. The summed E-state index contributed by atoms with van der Waals surface area (Å²) in [5.74, 6) is -0.583. The second-order valence-electron chi connectivity index (χ2n) is 13.5. The minimum atomic E-state index is -2.08. The average molecular weight is 704 g/mol. The number of rotatable bonds is 7. The topological polar surface area (TPSA) is 242 Å². The molecule has 268 valence electrons. The van der Waals surface area contributed by atoms with Gasteiger partial charge in [-0.3, -0.25) is 19.7 Å². The number of carboxylic acid groups (broad SMARTS) is 1. The molecular weight excluding hydrogens is 666 g/mol. The van der Waals surface area contributed by atoms with Crippen molar-refractivity contribution >= 4 is 35.6 Å². The lowest BCUT2D eigenvalue weighted by Crippen LogP contribution is -2.68. The lowest BCUT2D eigenvalue weighted by atomic mass is 9.78. The standard InChI is InChI=1S/C36H37N3O12/c40-15-19-2-1-3-20-13-36(33(47)31(46)30(45)26(16-41)50-36)51-32-25(43)10-22-12-35(11-19,34(48)49)39(29(22)28(20)32)27(44)7-5-18-4-6-24(42)21(8-18)9-23-14-37-17-38-23/h4-8,10,14,19-20,26,30-31,33,40-43,45-47H,3,9,11-13,15-17H2,(H,48,49)/t19-,20-,26+,30+,31-,33+,35+,36-/m0/s1. The number of phenols is 2. The van der Waals surface area contributed by atoms with Crippen LogP contribution in [-0.2, 0) is 27.2 Å². The van der Waals surface area contributed by atoms with Crippen LogP contribution in [0.3, 0.4) is 0 Å². The van der Waals surface area contributed by atoms with Crippen molar-refractivity contribution in [2.24, 2.45) is 15.9 Å². The summed E-state index contributed by atoms with van der Waals surface area (Å²) in [7, 11) is 0. The summed E-state index contributed by atoms with van der Waals surface area (Å²) in [6.45, 7) is -0.928. The number of amides is 1. The van der Waals surface area contributed by atoms with Crippen LogP contribution in [0.15, 0.2) is 40.3 Å². The van der Waals surface area contributed by atoms with Gasteiger partial charge in [-0.15, -0.1) is 5.92 Å². The molecule has 7 rings (SSSR count). The molecule has 0 radical (unpaired) electrons. The maximum atomic E-state index is 14.4. The molecule has 0 aromatic heterocycles. The van der Waals surface area contributed by atoms with E-state index in [-0.39, 0.29) is 48.4 Å². The highest BCUT2D eigenvalue weighted by Gasteiger charge is 2.61. The van der Waals surface area contributed by atoms with E-state index >= 15 is 0 Å². The van der Waals surface area contributed by atoms with Crippen LogP contribution in [0.1, 0.15) is 47.4 Å². The number of aromatic hydroxyl groups is 2. The summed E-state index contributed by atoms with van der Waals surface area (Å²) in [5, 5.41) is 85.2. The lowest BCUT2D eigenvalue weighted by molar-refractivity contribution is -0.344. The molecule has 0 aliphatic carbocycles. The number of aliphatic carboxylic acids is 1. The first-order valence-electron chi connectivity index (χ1n) is 16.5. The van der Waals surface area contributed by atoms with Crippen molar-refractivity contribution in [1.82, 2.24) is 0 Å². The van der Waals surface area contributed by atoms with Gasteiger partial charge >= 0.3 is 5.97 Å². The smallest absolute Gasteiger partial charge is 0.330 e. The molecular formula is C36H37N3O12. The average Bonchev–Trinajstić information content (AvgIpc) is 3.74. The Bertz CT molecular complexity index is 1930. The van der Waals surface area contributed by atoms with Crippen molar-refractivity contribution in [2.75, 3.05) is 24.8 Å². The van der Waals surface area contributed by atoms with Gasteiger partial charge in [-0.2, -0.15) is 0 Å². The first-order chi connectivity index (χ1) is 24.4. The second-order valence-corrected chi connectivity index (χ2v) is 13.5. The number of anilines is 1. The number of hydrogen-bond donors (Lipinski definition) is 8. The highest BCUT2D eigenvalue weighted by Crippen LogP contribution is 2.58. The molecule has 5 aliphatic heterocycles. The van der Waals surface area contributed by atoms with E-state index in [4.69, 9.17) is 9.47 Å². The van der Waals surface area contributed by atoms with Crippen LogP contribution in [-0.4, -0.2) is 120 Å². The Morgan fingerprint density at radius 3 is 2.57 bits per heavy atom. The number of carbonyl (C=O) groups excluding carboxylic acids is 1. The Hall–Kier alpha value is -4.82. The molecule has 15 heteroatoms. The molecule has 2 aromatic rings. The van der Waals surface area contributed by atoms with E-state index in [1.807, 2.05) is 0 Å². The summed E-state index contributed by atoms with van der Waals surface area (Å²) < 4.78 is 12.1. The number of aliphatic imine (C=N–C) groups is 2. The molecule has 1 saturated heterocycles. The van der Waals surface area contributed by atoms with Crippen LogP contribution in [0.2, 0.25) is 0 Å². The number of aliphatic hydroxyl groups excluding tert-OH is 5. The largest absolute Gasteiger partial charge is 0.508 e. The number of carbonyl (C=O) groups is 2. The Morgan fingerprint density at radius 1 is 1.06 bits per heavy atom. The molecule has 0 unspecified atom stereocenters. The zero-order valence-corrected chi connectivity index (χ0v) is 27.2. The van der Waals surface area contributed by atoms with Gasteiger partial charge in [0.25, 0.3) is 5.91 Å². The van der Waals surface area contributed by atoms with Gasteiger partial charge in [0.15, 0.2) is 17.0 Å². The normalized spacial score (nSPS) is 32.0. The van der Waals surface area contributed by atoms with Crippen LogP contribution < -0.4 is 9.64 Å². The van der Waals surface area contributed by atoms with Crippen molar-refractivity contribution in [2.45, 2.75) is 73.8 Å². The molecule has 5 heterocycles. The molecule has 1 amide bonds. The first kappa shape index (κ1) is 34.6. The van der Waals surface area contributed by atoms with Gasteiger partial charge in [-0.1, -0.05) is 12.0 Å². The second kappa shape index (κ2) is 13.1. The van der Waals surface area contributed by atoms with E-state index in [1.165, 1.54) is 24.3 Å². The van der Waals surface area contributed by atoms with Gasteiger partial charge in [0.05, 0.1) is 24.6 Å². The number of fused-ring (bicyclic) bond motifs is 1. The fraction of sp³-hybridized carbons (Fsp3) is 0.444. The van der Waals surface area contributed by atoms with Gasteiger partial charge in [0.1, 0.15) is 36.8 Å². The fourth-order valence-corrected chi connectivity index (χ4v) is 7.85. The number of phenolic OH excluding ortho intramolecular Hbond substituents is 2. The zero-order chi connectivity index (χ0) is 36.2. The Kier molecular flexibility index (Phi) is 8.86. The Balaban J connectivity index is 1.35. The SMILES string of the molecule is O=C(C=Cc1ccc(O)c(CC2=NCN=C2)c1)N1c2c3cc(O)c4c2[C@@H](CC#C[C@H](CO)C[C@]1(C(=O)O)C3)C[C@@]1(O4)O[C@H](CO)[C@@H](O)[C@H](O)[C@H]1O. The Labute approximate surface area is 291 Å². The van der Waals surface area contributed by atoms with Gasteiger partial charge in [-0.25, -0.2) is 4.79 Å². The van der Waals surface area contributed by atoms with Crippen molar-refractivity contribution in [1.29, 1.82) is 0 Å². The summed E-state index contributed by atoms with van der Waals surface area (Å²) in [6.07, 6.45) is -2.76. The van der Waals surface area contributed by atoms with E-state index < -0.39 is 78.4 Å². The van der Waals surface area contributed by atoms with Crippen molar-refractivity contribution in [3.63, 3.8) is 0 Å². The van der Waals surface area contributed by atoms with Crippen molar-refractivity contribution in [3.05, 3.63) is 52.6 Å². The molecule has 1 spiro atoms. The molecule has 0 saturated carbocycles. The fourth-order valence-electron chi connectivity index (χ4n) is 7.85. The van der Waals surface area contributed by atoms with E-state index in [2.05, 4.69) is 21.8 Å². The quantitative estimate of drug-likeness (QED) is 0.140. The van der Waals surface area contributed by atoms with E-state index in [1.54, 1.807) is 18.3 Å². The molecule has 15 nitrogen and oxygen atoms in total. The first-order valence-corrected chi connectivity index (χ1v) is 16.5. The summed E-state index contributed by atoms with van der Waals surface area (Å²) in [6, 6.07) is 6.02. The van der Waals surface area contributed by atoms with Crippen molar-refractivity contribution in [3.8, 4) is 29.1 Å². The Morgan fingerprint density at radius 2 is 1.86 bits per heavy atom. The van der Waals surface area contributed by atoms with Crippen LogP contribution in [0.5, 0.6) is 17.2 Å². The molecule has 8 atom stereocenters. The van der Waals surface area contributed by atoms with Gasteiger partial charge in [-0.05, 0) is 41.8 Å². The number of ether oxygens (including phenoxy) is 2. The monoisotopic (exact) mass is 703 g/mol. The van der Waals surface area contributed by atoms with Crippen LogP contribution in [0.4, 0.5) is 5.69 Å². The van der Waals surface area contributed by atoms with Crippen LogP contribution in [0.25, 0.3) is 6.08 Å². The van der Waals surface area contributed by atoms with Crippen molar-refractivity contribution < 1.29 is 59.9 Å². The van der Waals surface area contributed by atoms with Crippen LogP contribution >= 0.6 is 0 Å². The van der Waals surface area contributed by atoms with Gasteiger partial charge < -0.3 is 50.3 Å². The number of nitrogens with zero attached hydrogens (tertiary/aromatic N) is 3.